The van der Waals surface area contributed by atoms with E-state index >= 15 is 0 Å². The molecule has 0 aliphatic carbocycles. The summed E-state index contributed by atoms with van der Waals surface area (Å²) in [6.45, 7) is 2.81. The van der Waals surface area contributed by atoms with Crippen LogP contribution >= 0.6 is 0 Å². The minimum absolute atomic E-state index is 0.218. The molecule has 0 heterocycles. The molecule has 12 heavy (non-hydrogen) atoms. The van der Waals surface area contributed by atoms with Crippen LogP contribution in [-0.4, -0.2) is 36.3 Å². The molecule has 2 N–H and O–H groups in total. The Hall–Kier alpha value is -0.160. The van der Waals surface area contributed by atoms with Crippen LogP contribution in [0, 0.1) is 0 Å². The number of hydrogen-bond acceptors (Lipinski definition) is 4. The molecule has 0 bridgehead atoms. The van der Waals surface area contributed by atoms with Crippen LogP contribution in [0.2, 0.25) is 0 Å². The van der Waals surface area contributed by atoms with Crippen LogP contribution in [0.5, 0.6) is 0 Å². The van der Waals surface area contributed by atoms with Gasteiger partial charge in [0.2, 0.25) is 0 Å². The summed E-state index contributed by atoms with van der Waals surface area (Å²) in [5.41, 5.74) is 0. The number of aliphatic hydroxyl groups is 1. The molecule has 1 atom stereocenters. The smallest absolute Gasteiger partial charge is 0.139 e. The van der Waals surface area contributed by atoms with E-state index in [4.69, 9.17) is 15.1 Å². The molecule has 74 valence electrons. The number of hydrogen-bond donors (Lipinski definition) is 2. The van der Waals surface area contributed by atoms with E-state index in [2.05, 4.69) is 11.8 Å². The highest BCUT2D eigenvalue weighted by molar-refractivity contribution is 4.50. The third kappa shape index (κ3) is 6.54. The predicted molar refractivity (Wildman–Crippen MR) is 44.9 cm³/mol. The van der Waals surface area contributed by atoms with Gasteiger partial charge in [0.25, 0.3) is 0 Å². The average molecular weight is 178 g/mol. The minimum atomic E-state index is -0.605. The zero-order valence-electron chi connectivity index (χ0n) is 7.53. The Balaban J connectivity index is 3.06. The molecule has 4 nitrogen and oxygen atoms in total. The van der Waals surface area contributed by atoms with Gasteiger partial charge in [0.15, 0.2) is 0 Å². The molecule has 0 aliphatic rings. The summed E-state index contributed by atoms with van der Waals surface area (Å²) in [6, 6.07) is 0. The number of unbranched alkanes of at least 4 members (excludes halogenated alkanes) is 2. The fraction of sp³-hybridized carbons (Fsp3) is 1.00. The fourth-order valence-corrected chi connectivity index (χ4v) is 0.785. The Bertz CT molecular complexity index is 83.1. The molecular formula is C8H18O4. The van der Waals surface area contributed by atoms with Crippen molar-refractivity contribution in [3.05, 3.63) is 0 Å². The van der Waals surface area contributed by atoms with E-state index in [1.165, 1.54) is 0 Å². The van der Waals surface area contributed by atoms with Gasteiger partial charge in [0.1, 0.15) is 6.10 Å². The van der Waals surface area contributed by atoms with Crippen LogP contribution in [0.25, 0.3) is 0 Å². The average Bonchev–Trinajstić information content (AvgIpc) is 2.11. The highest BCUT2D eigenvalue weighted by Crippen LogP contribution is 1.96. The third-order valence-electron chi connectivity index (χ3n) is 1.55. The summed E-state index contributed by atoms with van der Waals surface area (Å²) >= 11 is 0. The van der Waals surface area contributed by atoms with E-state index in [9.17, 15) is 0 Å². The lowest BCUT2D eigenvalue weighted by Gasteiger charge is -2.10. The van der Waals surface area contributed by atoms with Crippen molar-refractivity contribution in [2.24, 2.45) is 0 Å². The first-order chi connectivity index (χ1) is 5.85. The van der Waals surface area contributed by atoms with Gasteiger partial charge in [-0.2, -0.15) is 0 Å². The third-order valence-corrected chi connectivity index (χ3v) is 1.55. The van der Waals surface area contributed by atoms with E-state index in [0.717, 1.165) is 19.3 Å². The molecule has 4 heteroatoms. The first-order valence-corrected chi connectivity index (χ1v) is 4.34. The van der Waals surface area contributed by atoms with Crippen molar-refractivity contribution in [1.82, 2.24) is 0 Å². The first-order valence-electron chi connectivity index (χ1n) is 4.34. The van der Waals surface area contributed by atoms with Crippen molar-refractivity contribution in [3.63, 3.8) is 0 Å². The topological polar surface area (TPSA) is 58.9 Å². The molecule has 0 aromatic heterocycles. The Labute approximate surface area is 73.0 Å². The second kappa shape index (κ2) is 8.93. The number of rotatable bonds is 8. The van der Waals surface area contributed by atoms with Crippen molar-refractivity contribution < 1.29 is 20.0 Å². The SMILES string of the molecule is CCCCCOC[C@H](CO)OO. The summed E-state index contributed by atoms with van der Waals surface area (Å²) in [5.74, 6) is 0. The molecule has 0 unspecified atom stereocenters. The van der Waals surface area contributed by atoms with Crippen LogP contribution < -0.4 is 0 Å². The number of aliphatic hydroxyl groups excluding tert-OH is 1. The van der Waals surface area contributed by atoms with Crippen molar-refractivity contribution in [2.45, 2.75) is 32.3 Å². The Morgan fingerprint density at radius 1 is 1.33 bits per heavy atom. The van der Waals surface area contributed by atoms with Crippen molar-refractivity contribution >= 4 is 0 Å². The summed E-state index contributed by atoms with van der Waals surface area (Å²) in [6.07, 6.45) is 2.71. The molecular weight excluding hydrogens is 160 g/mol. The monoisotopic (exact) mass is 178 g/mol. The van der Waals surface area contributed by atoms with E-state index in [-0.39, 0.29) is 13.2 Å². The van der Waals surface area contributed by atoms with Gasteiger partial charge in [-0.1, -0.05) is 19.8 Å². The lowest BCUT2D eigenvalue weighted by Crippen LogP contribution is -2.22. The van der Waals surface area contributed by atoms with Gasteiger partial charge in [-0.05, 0) is 6.42 Å². The highest BCUT2D eigenvalue weighted by Gasteiger charge is 2.06. The van der Waals surface area contributed by atoms with E-state index in [0.29, 0.717) is 6.61 Å². The maximum atomic E-state index is 8.56. The van der Waals surface area contributed by atoms with Gasteiger partial charge in [-0.25, -0.2) is 4.89 Å². The summed E-state index contributed by atoms with van der Waals surface area (Å²) in [5, 5.41) is 16.8. The van der Waals surface area contributed by atoms with Crippen LogP contribution in [0.1, 0.15) is 26.2 Å². The van der Waals surface area contributed by atoms with Crippen molar-refractivity contribution in [1.29, 1.82) is 0 Å². The zero-order chi connectivity index (χ0) is 9.23. The second-order valence-electron chi connectivity index (χ2n) is 2.69. The molecule has 0 radical (unpaired) electrons. The minimum Gasteiger partial charge on any atom is -0.393 e. The maximum Gasteiger partial charge on any atom is 0.139 e. The van der Waals surface area contributed by atoms with Crippen LogP contribution in [-0.2, 0) is 9.62 Å². The zero-order valence-corrected chi connectivity index (χ0v) is 7.53. The normalized spacial score (nSPS) is 13.2. The van der Waals surface area contributed by atoms with Gasteiger partial charge < -0.3 is 9.84 Å². The van der Waals surface area contributed by atoms with Crippen LogP contribution in [0.15, 0.2) is 0 Å². The molecule has 0 rings (SSSR count). The standard InChI is InChI=1S/C8H18O4/c1-2-3-4-5-11-7-8(6-9)12-10/h8-10H,2-7H2,1H3/t8-/m0/s1. The fourth-order valence-electron chi connectivity index (χ4n) is 0.785. The van der Waals surface area contributed by atoms with Gasteiger partial charge in [0, 0.05) is 6.61 Å². The van der Waals surface area contributed by atoms with Crippen LogP contribution in [0.3, 0.4) is 0 Å². The van der Waals surface area contributed by atoms with Gasteiger partial charge in [0.05, 0.1) is 13.2 Å². The molecule has 0 fully saturated rings. The lowest BCUT2D eigenvalue weighted by atomic mass is 10.3. The van der Waals surface area contributed by atoms with Gasteiger partial charge >= 0.3 is 0 Å². The molecule has 0 aromatic rings. The first kappa shape index (κ1) is 11.8. The van der Waals surface area contributed by atoms with Crippen molar-refractivity contribution in [2.75, 3.05) is 19.8 Å². The van der Waals surface area contributed by atoms with Gasteiger partial charge in [-0.15, -0.1) is 0 Å². The Morgan fingerprint density at radius 2 is 2.08 bits per heavy atom. The van der Waals surface area contributed by atoms with E-state index < -0.39 is 6.10 Å². The molecule has 0 spiro atoms. The Morgan fingerprint density at radius 3 is 2.58 bits per heavy atom. The predicted octanol–water partition coefficient (Wildman–Crippen LogP) is 1.04. The van der Waals surface area contributed by atoms with E-state index in [1.54, 1.807) is 0 Å². The highest BCUT2D eigenvalue weighted by atomic mass is 17.1. The summed E-state index contributed by atoms with van der Waals surface area (Å²) in [7, 11) is 0. The Kier molecular flexibility index (Phi) is 8.81. The number of ether oxygens (including phenoxy) is 1. The molecule has 0 aliphatic heterocycles. The summed E-state index contributed by atoms with van der Waals surface area (Å²) < 4.78 is 5.13. The second-order valence-corrected chi connectivity index (χ2v) is 2.69. The molecule has 0 saturated carbocycles. The molecule has 0 amide bonds. The van der Waals surface area contributed by atoms with Gasteiger partial charge in [-0.3, -0.25) is 5.26 Å². The molecule has 0 aromatic carbocycles. The van der Waals surface area contributed by atoms with E-state index in [1.807, 2.05) is 0 Å². The quantitative estimate of drug-likeness (QED) is 0.331. The molecule has 0 saturated heterocycles. The lowest BCUT2D eigenvalue weighted by molar-refractivity contribution is -0.293. The van der Waals surface area contributed by atoms with Crippen molar-refractivity contribution in [3.8, 4) is 0 Å². The summed E-state index contributed by atoms with van der Waals surface area (Å²) in [4.78, 5) is 3.93. The van der Waals surface area contributed by atoms with Crippen LogP contribution in [0.4, 0.5) is 0 Å². The maximum absolute atomic E-state index is 8.56. The largest absolute Gasteiger partial charge is 0.393 e.